The lowest BCUT2D eigenvalue weighted by Gasteiger charge is -2.20. The third-order valence-corrected chi connectivity index (χ3v) is 4.20. The van der Waals surface area contributed by atoms with Crippen LogP contribution in [-0.2, 0) is 6.42 Å². The highest BCUT2D eigenvalue weighted by Crippen LogP contribution is 2.29. The lowest BCUT2D eigenvalue weighted by atomic mass is 9.98. The molecule has 0 heterocycles. The SMILES string of the molecule is CCNC(Cc1ccc(Cl)cc1Cl)c1cc(Cl)cc(Cl)c1. The highest BCUT2D eigenvalue weighted by atomic mass is 35.5. The summed E-state index contributed by atoms with van der Waals surface area (Å²) in [6, 6.07) is 11.2. The summed E-state index contributed by atoms with van der Waals surface area (Å²) in [6.07, 6.45) is 0.737. The zero-order chi connectivity index (χ0) is 15.4. The molecule has 2 aromatic rings. The Labute approximate surface area is 145 Å². The first kappa shape index (κ1) is 16.9. The molecule has 0 bridgehead atoms. The zero-order valence-corrected chi connectivity index (χ0v) is 14.5. The molecule has 1 N–H and O–H groups in total. The molecule has 0 saturated heterocycles. The van der Waals surface area contributed by atoms with Gasteiger partial charge in [-0.3, -0.25) is 0 Å². The second kappa shape index (κ2) is 7.71. The topological polar surface area (TPSA) is 12.0 Å². The molecule has 0 aliphatic heterocycles. The molecule has 0 spiro atoms. The number of hydrogen-bond donors (Lipinski definition) is 1. The van der Waals surface area contributed by atoms with Gasteiger partial charge in [0.2, 0.25) is 0 Å². The average Bonchev–Trinajstić information content (AvgIpc) is 2.40. The molecule has 0 radical (unpaired) electrons. The predicted molar refractivity (Wildman–Crippen MR) is 93.0 cm³/mol. The van der Waals surface area contributed by atoms with Gasteiger partial charge in [0.1, 0.15) is 0 Å². The zero-order valence-electron chi connectivity index (χ0n) is 11.5. The Morgan fingerprint density at radius 2 is 1.57 bits per heavy atom. The van der Waals surface area contributed by atoms with E-state index >= 15 is 0 Å². The molecule has 1 unspecified atom stereocenters. The van der Waals surface area contributed by atoms with Gasteiger partial charge < -0.3 is 5.32 Å². The lowest BCUT2D eigenvalue weighted by Crippen LogP contribution is -2.23. The standard InChI is InChI=1S/C16H15Cl4N/c1-2-21-16(11-5-13(18)8-14(19)6-11)7-10-3-4-12(17)9-15(10)20/h3-6,8-9,16,21H,2,7H2,1H3. The maximum atomic E-state index is 6.26. The van der Waals surface area contributed by atoms with Crippen LogP contribution in [0.25, 0.3) is 0 Å². The van der Waals surface area contributed by atoms with Gasteiger partial charge in [0, 0.05) is 26.1 Å². The summed E-state index contributed by atoms with van der Waals surface area (Å²) >= 11 is 24.4. The minimum absolute atomic E-state index is 0.0878. The molecule has 0 saturated carbocycles. The Bertz CT molecular complexity index is 607. The van der Waals surface area contributed by atoms with Crippen LogP contribution < -0.4 is 5.32 Å². The van der Waals surface area contributed by atoms with E-state index in [1.54, 1.807) is 12.1 Å². The first-order valence-corrected chi connectivity index (χ1v) is 8.14. The van der Waals surface area contributed by atoms with E-state index in [0.717, 1.165) is 24.1 Å². The van der Waals surface area contributed by atoms with E-state index in [9.17, 15) is 0 Å². The van der Waals surface area contributed by atoms with Crippen molar-refractivity contribution in [2.45, 2.75) is 19.4 Å². The number of rotatable bonds is 5. The summed E-state index contributed by atoms with van der Waals surface area (Å²) in [4.78, 5) is 0. The van der Waals surface area contributed by atoms with Gasteiger partial charge in [-0.2, -0.15) is 0 Å². The molecular weight excluding hydrogens is 348 g/mol. The quantitative estimate of drug-likeness (QED) is 0.668. The smallest absolute Gasteiger partial charge is 0.0453 e. The van der Waals surface area contributed by atoms with Crippen molar-refractivity contribution in [3.63, 3.8) is 0 Å². The molecule has 21 heavy (non-hydrogen) atoms. The van der Waals surface area contributed by atoms with Gasteiger partial charge in [0.15, 0.2) is 0 Å². The van der Waals surface area contributed by atoms with Crippen LogP contribution >= 0.6 is 46.4 Å². The fourth-order valence-electron chi connectivity index (χ4n) is 2.24. The van der Waals surface area contributed by atoms with Crippen molar-refractivity contribution in [2.75, 3.05) is 6.54 Å². The second-order valence-electron chi connectivity index (χ2n) is 4.75. The number of benzene rings is 2. The maximum absolute atomic E-state index is 6.26. The van der Waals surface area contributed by atoms with Crippen molar-refractivity contribution in [1.82, 2.24) is 5.32 Å². The number of likely N-dealkylation sites (N-methyl/N-ethyl adjacent to an activating group) is 1. The first-order chi connectivity index (χ1) is 9.99. The molecule has 0 fully saturated rings. The average molecular weight is 363 g/mol. The van der Waals surface area contributed by atoms with Crippen LogP contribution in [0.1, 0.15) is 24.1 Å². The summed E-state index contributed by atoms with van der Waals surface area (Å²) in [5, 5.41) is 5.99. The van der Waals surface area contributed by atoms with E-state index in [0.29, 0.717) is 20.1 Å². The molecule has 1 nitrogen and oxygen atoms in total. The molecule has 0 aliphatic rings. The van der Waals surface area contributed by atoms with Crippen molar-refractivity contribution in [3.8, 4) is 0 Å². The van der Waals surface area contributed by atoms with Gasteiger partial charge in [-0.15, -0.1) is 0 Å². The highest BCUT2D eigenvalue weighted by Gasteiger charge is 2.14. The van der Waals surface area contributed by atoms with Gasteiger partial charge in [-0.05, 0) is 54.4 Å². The predicted octanol–water partition coefficient (Wildman–Crippen LogP) is 6.19. The van der Waals surface area contributed by atoms with E-state index in [4.69, 9.17) is 46.4 Å². The van der Waals surface area contributed by atoms with Gasteiger partial charge in [-0.25, -0.2) is 0 Å². The van der Waals surface area contributed by atoms with Crippen LogP contribution in [0.5, 0.6) is 0 Å². The molecule has 0 aliphatic carbocycles. The molecule has 1 atom stereocenters. The maximum Gasteiger partial charge on any atom is 0.0453 e. The monoisotopic (exact) mass is 361 g/mol. The van der Waals surface area contributed by atoms with Crippen LogP contribution in [-0.4, -0.2) is 6.54 Å². The summed E-state index contributed by atoms with van der Waals surface area (Å²) in [7, 11) is 0. The van der Waals surface area contributed by atoms with Crippen LogP contribution in [0, 0.1) is 0 Å². The molecule has 0 amide bonds. The van der Waals surface area contributed by atoms with Crippen LogP contribution in [0.2, 0.25) is 20.1 Å². The van der Waals surface area contributed by atoms with Gasteiger partial charge in [0.05, 0.1) is 0 Å². The Hall–Kier alpha value is -0.440. The van der Waals surface area contributed by atoms with Crippen LogP contribution in [0.3, 0.4) is 0 Å². The number of nitrogens with one attached hydrogen (secondary N) is 1. The van der Waals surface area contributed by atoms with Gasteiger partial charge in [0.25, 0.3) is 0 Å². The van der Waals surface area contributed by atoms with Gasteiger partial charge >= 0.3 is 0 Å². The number of halogens is 4. The van der Waals surface area contributed by atoms with Crippen molar-refractivity contribution >= 4 is 46.4 Å². The Kier molecular flexibility index (Phi) is 6.21. The van der Waals surface area contributed by atoms with Crippen molar-refractivity contribution < 1.29 is 0 Å². The lowest BCUT2D eigenvalue weighted by molar-refractivity contribution is 0.550. The van der Waals surface area contributed by atoms with E-state index in [2.05, 4.69) is 12.2 Å². The van der Waals surface area contributed by atoms with Gasteiger partial charge in [-0.1, -0.05) is 59.4 Å². The van der Waals surface area contributed by atoms with E-state index in [-0.39, 0.29) is 6.04 Å². The first-order valence-electron chi connectivity index (χ1n) is 6.63. The minimum Gasteiger partial charge on any atom is -0.310 e. The Balaban J connectivity index is 2.30. The molecule has 2 rings (SSSR count). The minimum atomic E-state index is 0.0878. The molecule has 2 aromatic carbocycles. The van der Waals surface area contributed by atoms with Crippen molar-refractivity contribution in [3.05, 3.63) is 67.6 Å². The summed E-state index contributed by atoms with van der Waals surface area (Å²) in [5.74, 6) is 0. The van der Waals surface area contributed by atoms with Crippen molar-refractivity contribution in [1.29, 1.82) is 0 Å². The Morgan fingerprint density at radius 1 is 0.905 bits per heavy atom. The molecule has 0 aromatic heterocycles. The van der Waals surface area contributed by atoms with Crippen molar-refractivity contribution in [2.24, 2.45) is 0 Å². The third kappa shape index (κ3) is 4.77. The van der Waals surface area contributed by atoms with Crippen LogP contribution in [0.4, 0.5) is 0 Å². The fourth-order valence-corrected chi connectivity index (χ4v) is 3.27. The molecule has 5 heteroatoms. The molecular formula is C16H15Cl4N. The largest absolute Gasteiger partial charge is 0.310 e. The third-order valence-electron chi connectivity index (χ3n) is 3.18. The fraction of sp³-hybridized carbons (Fsp3) is 0.250. The summed E-state index contributed by atoms with van der Waals surface area (Å²) < 4.78 is 0. The van der Waals surface area contributed by atoms with Crippen LogP contribution in [0.15, 0.2) is 36.4 Å². The molecule has 112 valence electrons. The van der Waals surface area contributed by atoms with E-state index in [1.807, 2.05) is 24.3 Å². The summed E-state index contributed by atoms with van der Waals surface area (Å²) in [5.41, 5.74) is 2.07. The highest BCUT2D eigenvalue weighted by molar-refractivity contribution is 6.35. The van der Waals surface area contributed by atoms with E-state index < -0.39 is 0 Å². The normalized spacial score (nSPS) is 12.4. The number of hydrogen-bond acceptors (Lipinski definition) is 1. The summed E-state index contributed by atoms with van der Waals surface area (Å²) in [6.45, 7) is 2.89. The second-order valence-corrected chi connectivity index (χ2v) is 6.47. The Morgan fingerprint density at radius 3 is 2.14 bits per heavy atom. The van der Waals surface area contributed by atoms with E-state index in [1.165, 1.54) is 0 Å².